The van der Waals surface area contributed by atoms with Gasteiger partial charge in [-0.05, 0) is 12.1 Å². The maximum Gasteiger partial charge on any atom is 0.140 e. The van der Waals surface area contributed by atoms with Gasteiger partial charge in [-0.1, -0.05) is 12.1 Å². The van der Waals surface area contributed by atoms with Crippen LogP contribution in [0.5, 0.6) is 5.75 Å². The van der Waals surface area contributed by atoms with Crippen LogP contribution in [0.3, 0.4) is 0 Å². The minimum absolute atomic E-state index is 0.178. The number of anilines is 1. The lowest BCUT2D eigenvalue weighted by molar-refractivity contribution is 0.111. The highest BCUT2D eigenvalue weighted by atomic mass is 16.7. The quantitative estimate of drug-likeness (QED) is 0.446. The van der Waals surface area contributed by atoms with Crippen molar-refractivity contribution in [2.45, 2.75) is 0 Å². The molecular weight excluding hydrogens is 144 g/mol. The average Bonchev–Trinajstić information content (AvgIpc) is 2.03. The van der Waals surface area contributed by atoms with Crippen molar-refractivity contribution < 1.29 is 9.94 Å². The maximum atomic E-state index is 9.18. The number of phenols is 1. The molecule has 0 unspecified atom stereocenters. The minimum Gasteiger partial charge on any atom is -0.506 e. The van der Waals surface area contributed by atoms with Gasteiger partial charge in [0, 0.05) is 0 Å². The molecule has 0 fully saturated rings. The Balaban J connectivity index is 2.62. The second-order valence-corrected chi connectivity index (χ2v) is 1.95. The first-order chi connectivity index (χ1) is 5.34. The Bertz CT molecular complexity index is 227. The fourth-order valence-corrected chi connectivity index (χ4v) is 0.685. The normalized spacial score (nSPS) is 9.55. The number of hydrogen-bond donors (Lipinski definition) is 3. The van der Waals surface area contributed by atoms with E-state index < -0.39 is 0 Å². The molecule has 0 aliphatic heterocycles. The summed E-state index contributed by atoms with van der Waals surface area (Å²) in [6.07, 6.45) is 0. The Morgan fingerprint density at radius 3 is 2.73 bits per heavy atom. The first-order valence-corrected chi connectivity index (χ1v) is 3.16. The highest BCUT2D eigenvalue weighted by Gasteiger charge is 1.95. The summed E-state index contributed by atoms with van der Waals surface area (Å²) in [5, 5.41) is 9.18. The lowest BCUT2D eigenvalue weighted by atomic mass is 10.3. The van der Waals surface area contributed by atoms with Crippen LogP contribution >= 0.6 is 0 Å². The van der Waals surface area contributed by atoms with Gasteiger partial charge in [-0.3, -0.25) is 10.3 Å². The van der Waals surface area contributed by atoms with E-state index in [1.165, 1.54) is 7.11 Å². The van der Waals surface area contributed by atoms with Gasteiger partial charge in [-0.25, -0.2) is 0 Å². The second-order valence-electron chi connectivity index (χ2n) is 1.95. The minimum atomic E-state index is 0.178. The van der Waals surface area contributed by atoms with Crippen molar-refractivity contribution in [2.75, 3.05) is 12.5 Å². The van der Waals surface area contributed by atoms with Gasteiger partial charge >= 0.3 is 0 Å². The molecule has 0 bridgehead atoms. The zero-order valence-electron chi connectivity index (χ0n) is 6.16. The Hall–Kier alpha value is -1.26. The summed E-state index contributed by atoms with van der Waals surface area (Å²) in [5.41, 5.74) is 5.61. The summed E-state index contributed by atoms with van der Waals surface area (Å²) < 4.78 is 0. The van der Waals surface area contributed by atoms with Gasteiger partial charge in [0.1, 0.15) is 5.75 Å². The van der Waals surface area contributed by atoms with Crippen molar-refractivity contribution in [2.24, 2.45) is 0 Å². The first-order valence-electron chi connectivity index (χ1n) is 3.16. The van der Waals surface area contributed by atoms with Crippen molar-refractivity contribution in [3.63, 3.8) is 0 Å². The summed E-state index contributed by atoms with van der Waals surface area (Å²) in [7, 11) is 1.48. The van der Waals surface area contributed by atoms with Crippen molar-refractivity contribution in [1.29, 1.82) is 0 Å². The molecular formula is C7H10N2O2. The molecule has 1 aromatic carbocycles. The Morgan fingerprint density at radius 2 is 2.09 bits per heavy atom. The molecule has 4 nitrogen and oxygen atoms in total. The number of rotatable bonds is 3. The van der Waals surface area contributed by atoms with Crippen LogP contribution in [-0.4, -0.2) is 12.2 Å². The predicted octanol–water partition coefficient (Wildman–Crippen LogP) is 0.870. The first kappa shape index (κ1) is 7.84. The van der Waals surface area contributed by atoms with E-state index in [-0.39, 0.29) is 5.75 Å². The summed E-state index contributed by atoms with van der Waals surface area (Å²) in [4.78, 5) is 4.53. The molecule has 11 heavy (non-hydrogen) atoms. The molecule has 0 radical (unpaired) electrons. The standard InChI is InChI=1S/C7H10N2O2/c1-11-9-8-6-4-2-3-5-7(6)10/h2-5,8-10H,1H3. The Morgan fingerprint density at radius 1 is 1.36 bits per heavy atom. The zero-order chi connectivity index (χ0) is 8.10. The fourth-order valence-electron chi connectivity index (χ4n) is 0.685. The highest BCUT2D eigenvalue weighted by molar-refractivity contribution is 5.54. The molecule has 1 aromatic rings. The topological polar surface area (TPSA) is 53.5 Å². The molecule has 0 saturated carbocycles. The number of phenolic OH excluding ortho intramolecular Hbond substituents is 1. The van der Waals surface area contributed by atoms with Crippen LogP contribution in [0.15, 0.2) is 24.3 Å². The smallest absolute Gasteiger partial charge is 0.140 e. The third-order valence-electron chi connectivity index (χ3n) is 1.19. The second kappa shape index (κ2) is 3.80. The molecule has 0 aromatic heterocycles. The van der Waals surface area contributed by atoms with E-state index in [1.807, 2.05) is 0 Å². The summed E-state index contributed by atoms with van der Waals surface area (Å²) in [6.45, 7) is 0. The van der Waals surface area contributed by atoms with Crippen molar-refractivity contribution in [3.05, 3.63) is 24.3 Å². The SMILES string of the molecule is CONNc1ccccc1O. The van der Waals surface area contributed by atoms with Crippen LogP contribution in [0, 0.1) is 0 Å². The molecule has 0 atom stereocenters. The van der Waals surface area contributed by atoms with E-state index in [4.69, 9.17) is 0 Å². The molecule has 1 rings (SSSR count). The van der Waals surface area contributed by atoms with Gasteiger partial charge in [-0.2, -0.15) is 0 Å². The number of nitrogens with one attached hydrogen (secondary N) is 2. The molecule has 0 saturated heterocycles. The van der Waals surface area contributed by atoms with E-state index in [1.54, 1.807) is 24.3 Å². The highest BCUT2D eigenvalue weighted by Crippen LogP contribution is 2.19. The van der Waals surface area contributed by atoms with Crippen LogP contribution in [0.4, 0.5) is 5.69 Å². The van der Waals surface area contributed by atoms with Crippen LogP contribution in [0.1, 0.15) is 0 Å². The lowest BCUT2D eigenvalue weighted by Gasteiger charge is -2.06. The van der Waals surface area contributed by atoms with Gasteiger partial charge in [0.05, 0.1) is 12.8 Å². The van der Waals surface area contributed by atoms with E-state index in [0.29, 0.717) is 5.69 Å². The van der Waals surface area contributed by atoms with Gasteiger partial charge in [0.25, 0.3) is 0 Å². The van der Waals surface area contributed by atoms with Crippen molar-refractivity contribution >= 4 is 5.69 Å². The zero-order valence-corrected chi connectivity index (χ0v) is 6.16. The Kier molecular flexibility index (Phi) is 2.71. The third kappa shape index (κ3) is 2.10. The van der Waals surface area contributed by atoms with Crippen LogP contribution in [0.2, 0.25) is 0 Å². The monoisotopic (exact) mass is 154 g/mol. The van der Waals surface area contributed by atoms with E-state index >= 15 is 0 Å². The van der Waals surface area contributed by atoms with Gasteiger partial charge in [0.2, 0.25) is 0 Å². The largest absolute Gasteiger partial charge is 0.506 e. The molecule has 0 amide bonds. The van der Waals surface area contributed by atoms with Crippen molar-refractivity contribution in [1.82, 2.24) is 5.59 Å². The van der Waals surface area contributed by atoms with Crippen molar-refractivity contribution in [3.8, 4) is 5.75 Å². The van der Waals surface area contributed by atoms with Crippen LogP contribution in [-0.2, 0) is 4.84 Å². The number of hydrogen-bond acceptors (Lipinski definition) is 4. The molecule has 0 aliphatic rings. The maximum absolute atomic E-state index is 9.18. The predicted molar refractivity (Wildman–Crippen MR) is 41.9 cm³/mol. The molecule has 3 N–H and O–H groups in total. The van der Waals surface area contributed by atoms with Crippen LogP contribution in [0.25, 0.3) is 0 Å². The van der Waals surface area contributed by atoms with Gasteiger partial charge in [-0.15, -0.1) is 5.59 Å². The number of benzene rings is 1. The molecule has 0 spiro atoms. The number of hydrazine groups is 1. The number of para-hydroxylation sites is 2. The van der Waals surface area contributed by atoms with E-state index in [2.05, 4.69) is 15.9 Å². The summed E-state index contributed by atoms with van der Waals surface area (Å²) in [5.74, 6) is 0.178. The average molecular weight is 154 g/mol. The van der Waals surface area contributed by atoms with Gasteiger partial charge < -0.3 is 5.11 Å². The summed E-state index contributed by atoms with van der Waals surface area (Å²) >= 11 is 0. The molecule has 0 heterocycles. The summed E-state index contributed by atoms with van der Waals surface area (Å²) in [6, 6.07) is 6.85. The molecule has 0 aliphatic carbocycles. The number of aromatic hydroxyl groups is 1. The van der Waals surface area contributed by atoms with Crippen LogP contribution < -0.4 is 11.0 Å². The van der Waals surface area contributed by atoms with Gasteiger partial charge in [0.15, 0.2) is 0 Å². The fraction of sp³-hybridized carbons (Fsp3) is 0.143. The Labute approximate surface area is 64.7 Å². The third-order valence-corrected chi connectivity index (χ3v) is 1.19. The molecule has 60 valence electrons. The lowest BCUT2D eigenvalue weighted by Crippen LogP contribution is -2.19. The van der Waals surface area contributed by atoms with E-state index in [0.717, 1.165) is 0 Å². The van der Waals surface area contributed by atoms with E-state index in [9.17, 15) is 5.11 Å². The molecule has 4 heteroatoms.